The van der Waals surface area contributed by atoms with E-state index in [2.05, 4.69) is 0 Å². The van der Waals surface area contributed by atoms with Crippen molar-refractivity contribution in [2.75, 3.05) is 7.11 Å². The first kappa shape index (κ1) is 13.3. The van der Waals surface area contributed by atoms with Crippen LogP contribution >= 0.6 is 0 Å². The Morgan fingerprint density at radius 2 is 1.94 bits per heavy atom. The monoisotopic (exact) mass is 252 g/mol. The molecule has 1 aliphatic carbocycles. The molecule has 18 heavy (non-hydrogen) atoms. The molecule has 0 spiro atoms. The van der Waals surface area contributed by atoms with Crippen LogP contribution in [-0.4, -0.2) is 12.2 Å². The molecule has 100 valence electrons. The van der Waals surface area contributed by atoms with Gasteiger partial charge in [-0.25, -0.2) is 4.39 Å². The van der Waals surface area contributed by atoms with Gasteiger partial charge in [0.1, 0.15) is 0 Å². The molecule has 0 amide bonds. The molecule has 1 unspecified atom stereocenters. The number of methoxy groups -OCH3 is 1. The summed E-state index contributed by atoms with van der Waals surface area (Å²) in [6, 6.07) is 4.97. The van der Waals surface area contributed by atoms with Gasteiger partial charge in [0.2, 0.25) is 0 Å². The Hall–Kier alpha value is -1.09. The molecule has 1 aromatic carbocycles. The van der Waals surface area contributed by atoms with Crippen LogP contribution in [0.5, 0.6) is 5.75 Å². The lowest BCUT2D eigenvalue weighted by atomic mass is 9.74. The molecule has 1 fully saturated rings. The van der Waals surface area contributed by atoms with E-state index >= 15 is 0 Å². The molecule has 0 aromatic heterocycles. The Morgan fingerprint density at radius 1 is 1.28 bits per heavy atom. The average molecular weight is 252 g/mol. The summed E-state index contributed by atoms with van der Waals surface area (Å²) in [6.45, 7) is 1.72. The van der Waals surface area contributed by atoms with E-state index in [1.54, 1.807) is 25.1 Å². The molecule has 0 saturated heterocycles. The predicted octanol–water partition coefficient (Wildman–Crippen LogP) is 3.62. The van der Waals surface area contributed by atoms with E-state index in [1.807, 2.05) is 0 Å². The molecule has 2 rings (SSSR count). The maximum absolute atomic E-state index is 14.2. The summed E-state index contributed by atoms with van der Waals surface area (Å²) < 4.78 is 19.2. The van der Waals surface area contributed by atoms with Gasteiger partial charge in [0.15, 0.2) is 11.6 Å². The molecule has 1 N–H and O–H groups in total. The fourth-order valence-corrected chi connectivity index (χ4v) is 2.94. The summed E-state index contributed by atoms with van der Waals surface area (Å²) >= 11 is 0. The number of ether oxygens (including phenoxy) is 1. The molecule has 2 nitrogen and oxygen atoms in total. The topological polar surface area (TPSA) is 29.5 Å². The number of hydrogen-bond donors (Lipinski definition) is 1. The Bertz CT molecular complexity index is 409. The van der Waals surface area contributed by atoms with Crippen LogP contribution < -0.4 is 4.74 Å². The third kappa shape index (κ3) is 2.37. The van der Waals surface area contributed by atoms with Gasteiger partial charge in [-0.2, -0.15) is 0 Å². The van der Waals surface area contributed by atoms with Crippen molar-refractivity contribution in [3.63, 3.8) is 0 Å². The smallest absolute Gasteiger partial charge is 0.171 e. The molecular formula is C15H21FO2. The maximum Gasteiger partial charge on any atom is 0.171 e. The van der Waals surface area contributed by atoms with E-state index in [1.165, 1.54) is 13.5 Å². The number of rotatable bonds is 3. The van der Waals surface area contributed by atoms with Crippen LogP contribution in [0.4, 0.5) is 4.39 Å². The number of benzene rings is 1. The van der Waals surface area contributed by atoms with Crippen molar-refractivity contribution in [3.8, 4) is 5.75 Å². The van der Waals surface area contributed by atoms with Crippen LogP contribution in [0.1, 0.15) is 44.6 Å². The van der Waals surface area contributed by atoms with Crippen LogP contribution in [0, 0.1) is 11.7 Å². The third-order valence-corrected chi connectivity index (χ3v) is 4.13. The van der Waals surface area contributed by atoms with Crippen LogP contribution in [-0.2, 0) is 5.60 Å². The Kier molecular flexibility index (Phi) is 3.91. The molecule has 1 aromatic rings. The molecule has 1 aliphatic rings. The molecule has 3 heteroatoms. The van der Waals surface area contributed by atoms with Crippen molar-refractivity contribution in [3.05, 3.63) is 29.6 Å². The number of hydrogen-bond acceptors (Lipinski definition) is 2. The van der Waals surface area contributed by atoms with Crippen molar-refractivity contribution in [1.29, 1.82) is 0 Å². The predicted molar refractivity (Wildman–Crippen MR) is 69.1 cm³/mol. The van der Waals surface area contributed by atoms with Gasteiger partial charge in [0, 0.05) is 5.56 Å². The fraction of sp³-hybridized carbons (Fsp3) is 0.600. The first-order valence-corrected chi connectivity index (χ1v) is 6.62. The summed E-state index contributed by atoms with van der Waals surface area (Å²) in [7, 11) is 1.44. The largest absolute Gasteiger partial charge is 0.494 e. The average Bonchev–Trinajstić information content (AvgIpc) is 2.40. The lowest BCUT2D eigenvalue weighted by Crippen LogP contribution is -2.34. The van der Waals surface area contributed by atoms with Gasteiger partial charge in [-0.15, -0.1) is 0 Å². The summed E-state index contributed by atoms with van der Waals surface area (Å²) in [4.78, 5) is 0. The molecule has 0 radical (unpaired) electrons. The van der Waals surface area contributed by atoms with E-state index in [0.29, 0.717) is 5.56 Å². The zero-order valence-electron chi connectivity index (χ0n) is 11.1. The van der Waals surface area contributed by atoms with Crippen molar-refractivity contribution >= 4 is 0 Å². The number of aliphatic hydroxyl groups is 1. The van der Waals surface area contributed by atoms with Crippen LogP contribution in [0.25, 0.3) is 0 Å². The minimum absolute atomic E-state index is 0.132. The highest BCUT2D eigenvalue weighted by Gasteiger charge is 2.37. The van der Waals surface area contributed by atoms with Gasteiger partial charge in [0.05, 0.1) is 12.7 Å². The minimum Gasteiger partial charge on any atom is -0.494 e. The van der Waals surface area contributed by atoms with E-state index < -0.39 is 11.4 Å². The first-order valence-electron chi connectivity index (χ1n) is 6.62. The lowest BCUT2D eigenvalue weighted by molar-refractivity contribution is -0.0246. The van der Waals surface area contributed by atoms with Gasteiger partial charge in [0.25, 0.3) is 0 Å². The zero-order chi connectivity index (χ0) is 13.2. The summed E-state index contributed by atoms with van der Waals surface area (Å²) in [5.41, 5.74) is -0.757. The standard InChI is InChI=1S/C15H21FO2/c1-15(17,11-7-4-3-5-8-11)12-9-6-10-13(18-2)14(12)16/h6,9-11,17H,3-5,7-8H2,1-2H3. The minimum atomic E-state index is -1.11. The zero-order valence-corrected chi connectivity index (χ0v) is 11.1. The first-order chi connectivity index (χ1) is 8.57. The second-order valence-electron chi connectivity index (χ2n) is 5.30. The van der Waals surface area contributed by atoms with Crippen molar-refractivity contribution < 1.29 is 14.2 Å². The molecule has 1 saturated carbocycles. The summed E-state index contributed by atoms with van der Waals surface area (Å²) in [5, 5.41) is 10.7. The second-order valence-corrected chi connectivity index (χ2v) is 5.30. The third-order valence-electron chi connectivity index (χ3n) is 4.13. The van der Waals surface area contributed by atoms with Gasteiger partial charge >= 0.3 is 0 Å². The van der Waals surface area contributed by atoms with Crippen molar-refractivity contribution in [2.24, 2.45) is 5.92 Å². The van der Waals surface area contributed by atoms with Crippen molar-refractivity contribution in [1.82, 2.24) is 0 Å². The van der Waals surface area contributed by atoms with Crippen LogP contribution in [0.3, 0.4) is 0 Å². The Labute approximate surface area is 108 Å². The fourth-order valence-electron chi connectivity index (χ4n) is 2.94. The lowest BCUT2D eigenvalue weighted by Gasteiger charge is -2.36. The highest BCUT2D eigenvalue weighted by atomic mass is 19.1. The van der Waals surface area contributed by atoms with E-state index in [4.69, 9.17) is 4.74 Å². The van der Waals surface area contributed by atoms with Gasteiger partial charge in [-0.1, -0.05) is 31.4 Å². The Morgan fingerprint density at radius 3 is 2.56 bits per heavy atom. The second kappa shape index (κ2) is 5.27. The Balaban J connectivity index is 2.33. The molecule has 0 heterocycles. The maximum atomic E-state index is 14.2. The highest BCUT2D eigenvalue weighted by Crippen LogP contribution is 2.41. The van der Waals surface area contributed by atoms with Crippen molar-refractivity contribution in [2.45, 2.75) is 44.6 Å². The van der Waals surface area contributed by atoms with E-state index in [0.717, 1.165) is 25.7 Å². The molecule has 0 aliphatic heterocycles. The highest BCUT2D eigenvalue weighted by molar-refractivity contribution is 5.34. The normalized spacial score (nSPS) is 20.4. The SMILES string of the molecule is COc1cccc(C(C)(O)C2CCCCC2)c1F. The van der Waals surface area contributed by atoms with Gasteiger partial charge < -0.3 is 9.84 Å². The molecular weight excluding hydrogens is 231 g/mol. The molecule has 0 bridgehead atoms. The summed E-state index contributed by atoms with van der Waals surface area (Å²) in [6.07, 6.45) is 5.37. The van der Waals surface area contributed by atoms with Gasteiger partial charge in [-0.3, -0.25) is 0 Å². The van der Waals surface area contributed by atoms with Crippen LogP contribution in [0.2, 0.25) is 0 Å². The van der Waals surface area contributed by atoms with Crippen LogP contribution in [0.15, 0.2) is 18.2 Å². The van der Waals surface area contributed by atoms with E-state index in [9.17, 15) is 9.50 Å². The van der Waals surface area contributed by atoms with Gasteiger partial charge in [-0.05, 0) is 31.7 Å². The quantitative estimate of drug-likeness (QED) is 0.890. The van der Waals surface area contributed by atoms with E-state index in [-0.39, 0.29) is 11.7 Å². The summed E-state index contributed by atoms with van der Waals surface area (Å²) in [5.74, 6) is -0.105. The number of halogens is 1. The molecule has 1 atom stereocenters.